The van der Waals surface area contributed by atoms with E-state index in [2.05, 4.69) is 32.1 Å². The molecule has 0 radical (unpaired) electrons. The van der Waals surface area contributed by atoms with Crippen LogP contribution in [0.5, 0.6) is 0 Å². The monoisotopic (exact) mass is 782 g/mol. The second-order valence-electron chi connectivity index (χ2n) is 13.7. The zero-order valence-electron chi connectivity index (χ0n) is 33.8. The molecule has 0 heterocycles. The Morgan fingerprint density at radius 1 is 0.648 bits per heavy atom. The molecule has 0 spiro atoms. The number of carbonyl (C=O) groups excluding carboxylic acids is 2. The molecule has 3 atom stereocenters. The SMILES string of the molecule is CCCCC/C=C\C[C@@H](O)/C=C/C=C\C/C=C\CCCC(=O)OC[C@H](COP(=O)(O)OCCN)OC(=O)CCCCCCC/C=C\CCCCCCCC. The van der Waals surface area contributed by atoms with Crippen molar-refractivity contribution in [2.75, 3.05) is 26.4 Å². The van der Waals surface area contributed by atoms with Crippen molar-refractivity contribution in [1.29, 1.82) is 0 Å². The number of unbranched alkanes of at least 4 members (excludes halogenated alkanes) is 15. The summed E-state index contributed by atoms with van der Waals surface area (Å²) in [6.45, 7) is 3.52. The highest BCUT2D eigenvalue weighted by molar-refractivity contribution is 7.47. The quantitative estimate of drug-likeness (QED) is 0.0181. The molecule has 1 unspecified atom stereocenters. The van der Waals surface area contributed by atoms with Gasteiger partial charge in [0, 0.05) is 19.4 Å². The number of nitrogens with two attached hydrogens (primary N) is 1. The summed E-state index contributed by atoms with van der Waals surface area (Å²) in [5.74, 6) is -0.947. The Labute approximate surface area is 328 Å². The van der Waals surface area contributed by atoms with Crippen molar-refractivity contribution in [2.45, 2.75) is 174 Å². The van der Waals surface area contributed by atoms with Crippen LogP contribution in [0.2, 0.25) is 0 Å². The molecule has 0 aromatic heterocycles. The number of phosphoric ester groups is 1. The Balaban J connectivity index is 4.36. The molecule has 11 heteroatoms. The van der Waals surface area contributed by atoms with Gasteiger partial charge >= 0.3 is 19.8 Å². The summed E-state index contributed by atoms with van der Waals surface area (Å²) in [5, 5.41) is 10.0. The molecule has 0 bridgehead atoms. The number of hydrogen-bond acceptors (Lipinski definition) is 9. The van der Waals surface area contributed by atoms with Crippen molar-refractivity contribution >= 4 is 19.8 Å². The van der Waals surface area contributed by atoms with E-state index < -0.39 is 38.6 Å². The van der Waals surface area contributed by atoms with Gasteiger partial charge in [-0.3, -0.25) is 18.6 Å². The normalized spacial score (nSPS) is 14.5. The number of allylic oxidation sites excluding steroid dienone is 8. The lowest BCUT2D eigenvalue weighted by Gasteiger charge is -2.19. The summed E-state index contributed by atoms with van der Waals surface area (Å²) < 4.78 is 32.6. The van der Waals surface area contributed by atoms with Crippen molar-refractivity contribution in [2.24, 2.45) is 5.73 Å². The Kier molecular flexibility index (Phi) is 37.2. The fraction of sp³-hybridized carbons (Fsp3) is 0.721. The molecule has 0 amide bonds. The van der Waals surface area contributed by atoms with E-state index in [0.717, 1.165) is 51.4 Å². The molecule has 312 valence electrons. The number of hydrogen-bond donors (Lipinski definition) is 3. The van der Waals surface area contributed by atoms with E-state index in [1.165, 1.54) is 57.8 Å². The minimum Gasteiger partial charge on any atom is -0.462 e. The highest BCUT2D eigenvalue weighted by Gasteiger charge is 2.25. The van der Waals surface area contributed by atoms with Crippen molar-refractivity contribution in [3.8, 4) is 0 Å². The minimum atomic E-state index is -4.40. The lowest BCUT2D eigenvalue weighted by molar-refractivity contribution is -0.161. The molecule has 0 saturated heterocycles. The molecule has 0 aromatic rings. The molecule has 0 aliphatic carbocycles. The summed E-state index contributed by atoms with van der Waals surface area (Å²) in [6.07, 6.45) is 41.4. The molecule has 0 saturated carbocycles. The summed E-state index contributed by atoms with van der Waals surface area (Å²) in [5.41, 5.74) is 5.33. The highest BCUT2D eigenvalue weighted by Crippen LogP contribution is 2.43. The number of phosphoric acid groups is 1. The summed E-state index contributed by atoms with van der Waals surface area (Å²) in [6, 6.07) is 0. The smallest absolute Gasteiger partial charge is 0.462 e. The maximum absolute atomic E-state index is 12.6. The van der Waals surface area contributed by atoms with E-state index >= 15 is 0 Å². The fourth-order valence-corrected chi connectivity index (χ4v) is 6.06. The molecule has 0 fully saturated rings. The van der Waals surface area contributed by atoms with Crippen LogP contribution in [0.1, 0.15) is 162 Å². The fourth-order valence-electron chi connectivity index (χ4n) is 5.29. The zero-order valence-corrected chi connectivity index (χ0v) is 34.7. The third-order valence-corrected chi connectivity index (χ3v) is 9.44. The number of aliphatic hydroxyl groups excluding tert-OH is 1. The Morgan fingerprint density at radius 3 is 1.89 bits per heavy atom. The molecule has 0 rings (SSSR count). The minimum absolute atomic E-state index is 0.0334. The first-order valence-electron chi connectivity index (χ1n) is 20.9. The first kappa shape index (κ1) is 51.7. The lowest BCUT2D eigenvalue weighted by atomic mass is 10.1. The van der Waals surface area contributed by atoms with Gasteiger partial charge in [-0.05, 0) is 70.6 Å². The van der Waals surface area contributed by atoms with Crippen LogP contribution in [0.15, 0.2) is 60.8 Å². The van der Waals surface area contributed by atoms with E-state index in [9.17, 15) is 24.2 Å². The van der Waals surface area contributed by atoms with Crippen molar-refractivity contribution in [1.82, 2.24) is 0 Å². The molecule has 0 aliphatic rings. The number of ether oxygens (including phenoxy) is 2. The molecular formula is C43H76NO9P. The molecule has 4 N–H and O–H groups in total. The van der Waals surface area contributed by atoms with Gasteiger partial charge in [0.15, 0.2) is 6.10 Å². The van der Waals surface area contributed by atoms with E-state index in [4.69, 9.17) is 24.3 Å². The van der Waals surface area contributed by atoms with Gasteiger partial charge in [0.25, 0.3) is 0 Å². The second-order valence-corrected chi connectivity index (χ2v) is 15.2. The Hall–Kier alpha value is -2.33. The molecule has 0 aliphatic heterocycles. The van der Waals surface area contributed by atoms with Crippen LogP contribution in [0.4, 0.5) is 0 Å². The van der Waals surface area contributed by atoms with Crippen LogP contribution < -0.4 is 5.73 Å². The van der Waals surface area contributed by atoms with Crippen LogP contribution in [0, 0.1) is 0 Å². The van der Waals surface area contributed by atoms with Gasteiger partial charge in [-0.25, -0.2) is 4.57 Å². The third kappa shape index (κ3) is 38.0. The summed E-state index contributed by atoms with van der Waals surface area (Å²) in [4.78, 5) is 34.8. The number of esters is 2. The number of carbonyl (C=O) groups is 2. The van der Waals surface area contributed by atoms with Crippen molar-refractivity contribution in [3.63, 3.8) is 0 Å². The predicted molar refractivity (Wildman–Crippen MR) is 221 cm³/mol. The second kappa shape index (κ2) is 38.9. The first-order valence-corrected chi connectivity index (χ1v) is 22.4. The Bertz CT molecular complexity index is 1090. The van der Waals surface area contributed by atoms with Gasteiger partial charge in [0.2, 0.25) is 0 Å². The van der Waals surface area contributed by atoms with E-state index in [1.54, 1.807) is 6.08 Å². The van der Waals surface area contributed by atoms with Crippen LogP contribution in [-0.4, -0.2) is 60.5 Å². The van der Waals surface area contributed by atoms with Gasteiger partial charge in [0.05, 0.1) is 19.3 Å². The van der Waals surface area contributed by atoms with Gasteiger partial charge in [-0.1, -0.05) is 139 Å². The predicted octanol–water partition coefficient (Wildman–Crippen LogP) is 10.7. The zero-order chi connectivity index (χ0) is 39.8. The van der Waals surface area contributed by atoms with Gasteiger partial charge in [0.1, 0.15) is 6.61 Å². The number of aliphatic hydroxyl groups is 1. The molecule has 0 aromatic carbocycles. The van der Waals surface area contributed by atoms with E-state index in [-0.39, 0.29) is 32.6 Å². The van der Waals surface area contributed by atoms with Crippen molar-refractivity contribution in [3.05, 3.63) is 60.8 Å². The van der Waals surface area contributed by atoms with E-state index in [0.29, 0.717) is 25.7 Å². The number of rotatable bonds is 38. The van der Waals surface area contributed by atoms with E-state index in [1.807, 2.05) is 36.5 Å². The molecule has 54 heavy (non-hydrogen) atoms. The summed E-state index contributed by atoms with van der Waals surface area (Å²) in [7, 11) is -4.40. The average molecular weight is 782 g/mol. The van der Waals surface area contributed by atoms with Gasteiger partial charge in [-0.15, -0.1) is 0 Å². The standard InChI is InChI=1S/C43H76NO9P/c1-3-5-7-9-11-12-13-14-15-16-17-18-23-27-31-35-43(47)53-41(39-52-54(48,49)51-37-36-44)38-50-42(46)34-30-26-22-20-19-21-25-29-33-40(45)32-28-24-10-8-6-4-2/h14-15,20-22,24-25,28-29,33,40-41,45H,3-13,16-19,23,26-27,30-32,34-39,44H2,1-2H3,(H,48,49)/b15-14-,22-20-,25-21-,28-24-,33-29+/t40-,41-/m1/s1. The molecular weight excluding hydrogens is 705 g/mol. The first-order chi connectivity index (χ1) is 26.2. The average Bonchev–Trinajstić information content (AvgIpc) is 3.15. The third-order valence-electron chi connectivity index (χ3n) is 8.46. The largest absolute Gasteiger partial charge is 0.472 e. The van der Waals surface area contributed by atoms with Crippen molar-refractivity contribution < 1.29 is 42.7 Å². The van der Waals surface area contributed by atoms with Crippen LogP contribution in [0.3, 0.4) is 0 Å². The van der Waals surface area contributed by atoms with Gasteiger partial charge < -0.3 is 25.2 Å². The summed E-state index contributed by atoms with van der Waals surface area (Å²) >= 11 is 0. The lowest BCUT2D eigenvalue weighted by Crippen LogP contribution is -2.29. The van der Waals surface area contributed by atoms with Crippen LogP contribution in [0.25, 0.3) is 0 Å². The maximum Gasteiger partial charge on any atom is 0.472 e. The van der Waals surface area contributed by atoms with Gasteiger partial charge in [-0.2, -0.15) is 0 Å². The molecule has 10 nitrogen and oxygen atoms in total. The van der Waals surface area contributed by atoms with Crippen LogP contribution >= 0.6 is 7.82 Å². The maximum atomic E-state index is 12.6. The topological polar surface area (TPSA) is 155 Å². The highest BCUT2D eigenvalue weighted by atomic mass is 31.2. The van der Waals surface area contributed by atoms with Crippen LogP contribution in [-0.2, 0) is 32.7 Å². The Morgan fingerprint density at radius 2 is 1.20 bits per heavy atom.